The summed E-state index contributed by atoms with van der Waals surface area (Å²) in [6.07, 6.45) is 0. The second kappa shape index (κ2) is 8.33. The normalized spacial score (nSPS) is 12.8. The van der Waals surface area contributed by atoms with E-state index in [0.717, 1.165) is 23.7 Å². The van der Waals surface area contributed by atoms with E-state index >= 15 is 0 Å². The highest BCUT2D eigenvalue weighted by Crippen LogP contribution is 2.16. The van der Waals surface area contributed by atoms with Gasteiger partial charge in [0.15, 0.2) is 17.6 Å². The van der Waals surface area contributed by atoms with E-state index in [1.807, 2.05) is 26.0 Å². The maximum absolute atomic E-state index is 13.1. The average molecular weight is 337 g/mol. The summed E-state index contributed by atoms with van der Waals surface area (Å²) in [6, 6.07) is 7.20. The van der Waals surface area contributed by atoms with Crippen molar-refractivity contribution in [1.29, 1.82) is 0 Å². The molecule has 2 rings (SSSR count). The fourth-order valence-corrected chi connectivity index (χ4v) is 2.06. The van der Waals surface area contributed by atoms with Crippen LogP contribution in [-0.4, -0.2) is 26.2 Å². The molecular weight excluding hydrogens is 316 g/mol. The number of guanidine groups is 1. The minimum absolute atomic E-state index is 0.0444. The van der Waals surface area contributed by atoms with E-state index in [9.17, 15) is 8.78 Å². The molecule has 5 nitrogen and oxygen atoms in total. The molecule has 2 N–H and O–H groups in total. The van der Waals surface area contributed by atoms with Crippen molar-refractivity contribution in [1.82, 2.24) is 10.6 Å². The Balaban J connectivity index is 1.76. The van der Waals surface area contributed by atoms with Crippen molar-refractivity contribution in [3.8, 4) is 5.75 Å². The van der Waals surface area contributed by atoms with E-state index in [0.29, 0.717) is 12.5 Å². The van der Waals surface area contributed by atoms with E-state index in [4.69, 9.17) is 9.15 Å². The summed E-state index contributed by atoms with van der Waals surface area (Å²) in [4.78, 5) is 4.12. The second-order valence-electron chi connectivity index (χ2n) is 5.24. The van der Waals surface area contributed by atoms with Crippen molar-refractivity contribution in [3.63, 3.8) is 0 Å². The summed E-state index contributed by atoms with van der Waals surface area (Å²) >= 11 is 0. The van der Waals surface area contributed by atoms with Crippen LogP contribution in [0.15, 0.2) is 39.7 Å². The molecule has 1 unspecified atom stereocenters. The predicted octanol–water partition coefficient (Wildman–Crippen LogP) is 3.17. The zero-order valence-electron chi connectivity index (χ0n) is 13.9. The van der Waals surface area contributed by atoms with Crippen molar-refractivity contribution in [2.45, 2.75) is 19.9 Å². The Morgan fingerprint density at radius 2 is 2.04 bits per heavy atom. The van der Waals surface area contributed by atoms with Crippen LogP contribution in [-0.2, 0) is 0 Å². The Morgan fingerprint density at radius 1 is 1.25 bits per heavy atom. The lowest BCUT2D eigenvalue weighted by molar-refractivity contribution is 0.318. The SMILES string of the molecule is CN=C(NCCOc1ccc(F)c(F)c1)NC(C)c1ccc(C)o1. The Labute approximate surface area is 139 Å². The van der Waals surface area contributed by atoms with Gasteiger partial charge in [0.2, 0.25) is 0 Å². The molecule has 0 saturated heterocycles. The first-order chi connectivity index (χ1) is 11.5. The fraction of sp³-hybridized carbons (Fsp3) is 0.353. The van der Waals surface area contributed by atoms with Gasteiger partial charge in [-0.05, 0) is 38.1 Å². The third kappa shape index (κ3) is 4.97. The molecule has 7 heteroatoms. The van der Waals surface area contributed by atoms with Crippen molar-refractivity contribution < 1.29 is 17.9 Å². The van der Waals surface area contributed by atoms with Gasteiger partial charge < -0.3 is 19.8 Å². The Hall–Kier alpha value is -2.57. The summed E-state index contributed by atoms with van der Waals surface area (Å²) in [7, 11) is 1.66. The van der Waals surface area contributed by atoms with Crippen molar-refractivity contribution >= 4 is 5.96 Å². The quantitative estimate of drug-likeness (QED) is 0.483. The van der Waals surface area contributed by atoms with Crippen LogP contribution in [0.3, 0.4) is 0 Å². The Bertz CT molecular complexity index is 701. The zero-order chi connectivity index (χ0) is 17.5. The number of halogens is 2. The highest BCUT2D eigenvalue weighted by molar-refractivity contribution is 5.79. The van der Waals surface area contributed by atoms with Crippen LogP contribution in [0.1, 0.15) is 24.5 Å². The lowest BCUT2D eigenvalue weighted by atomic mass is 10.2. The maximum atomic E-state index is 13.1. The number of nitrogens with zero attached hydrogens (tertiary/aromatic N) is 1. The molecular formula is C17H21F2N3O2. The van der Waals surface area contributed by atoms with Gasteiger partial charge in [0.1, 0.15) is 23.9 Å². The first-order valence-electron chi connectivity index (χ1n) is 7.61. The standard InChI is InChI=1S/C17H21F2N3O2/c1-11-4-7-16(24-11)12(2)22-17(20-3)21-8-9-23-13-5-6-14(18)15(19)10-13/h4-7,10,12H,8-9H2,1-3H3,(H2,20,21,22). The van der Waals surface area contributed by atoms with Gasteiger partial charge in [-0.2, -0.15) is 0 Å². The van der Waals surface area contributed by atoms with Crippen LogP contribution < -0.4 is 15.4 Å². The van der Waals surface area contributed by atoms with E-state index in [2.05, 4.69) is 15.6 Å². The van der Waals surface area contributed by atoms with Gasteiger partial charge in [-0.1, -0.05) is 0 Å². The summed E-state index contributed by atoms with van der Waals surface area (Å²) in [5, 5.41) is 6.27. The molecule has 0 aliphatic heterocycles. The van der Waals surface area contributed by atoms with Gasteiger partial charge in [-0.15, -0.1) is 0 Å². The number of furan rings is 1. The van der Waals surface area contributed by atoms with Crippen LogP contribution in [0, 0.1) is 18.6 Å². The summed E-state index contributed by atoms with van der Waals surface area (Å²) in [6.45, 7) is 4.57. The van der Waals surface area contributed by atoms with E-state index < -0.39 is 11.6 Å². The molecule has 1 heterocycles. The Morgan fingerprint density at radius 3 is 2.67 bits per heavy atom. The first-order valence-corrected chi connectivity index (χ1v) is 7.61. The van der Waals surface area contributed by atoms with Crippen LogP contribution in [0.2, 0.25) is 0 Å². The molecule has 1 atom stereocenters. The average Bonchev–Trinajstić information content (AvgIpc) is 3.00. The van der Waals surface area contributed by atoms with Crippen molar-refractivity contribution in [3.05, 3.63) is 53.5 Å². The largest absolute Gasteiger partial charge is 0.492 e. The number of ether oxygens (including phenoxy) is 1. The molecule has 1 aromatic carbocycles. The summed E-state index contributed by atoms with van der Waals surface area (Å²) in [5.41, 5.74) is 0. The molecule has 0 radical (unpaired) electrons. The number of rotatable bonds is 6. The van der Waals surface area contributed by atoms with Gasteiger partial charge in [0.25, 0.3) is 0 Å². The summed E-state index contributed by atoms with van der Waals surface area (Å²) < 4.78 is 36.8. The lowest BCUT2D eigenvalue weighted by Gasteiger charge is -2.16. The van der Waals surface area contributed by atoms with Crippen molar-refractivity contribution in [2.24, 2.45) is 4.99 Å². The molecule has 2 aromatic rings. The van der Waals surface area contributed by atoms with Gasteiger partial charge >= 0.3 is 0 Å². The molecule has 0 aliphatic rings. The molecule has 1 aromatic heterocycles. The predicted molar refractivity (Wildman–Crippen MR) is 88.2 cm³/mol. The molecule has 0 spiro atoms. The molecule has 0 bridgehead atoms. The van der Waals surface area contributed by atoms with E-state index in [1.165, 1.54) is 6.07 Å². The molecule has 0 aliphatic carbocycles. The lowest BCUT2D eigenvalue weighted by Crippen LogP contribution is -2.40. The van der Waals surface area contributed by atoms with Crippen LogP contribution in [0.4, 0.5) is 8.78 Å². The van der Waals surface area contributed by atoms with Gasteiger partial charge in [-0.25, -0.2) is 8.78 Å². The van der Waals surface area contributed by atoms with E-state index in [-0.39, 0.29) is 18.4 Å². The highest BCUT2D eigenvalue weighted by Gasteiger charge is 2.11. The van der Waals surface area contributed by atoms with Gasteiger partial charge in [0.05, 0.1) is 12.6 Å². The second-order valence-corrected chi connectivity index (χ2v) is 5.24. The molecule has 130 valence electrons. The number of aliphatic imine (C=N–C) groups is 1. The molecule has 0 fully saturated rings. The molecule has 0 saturated carbocycles. The number of aryl methyl sites for hydroxylation is 1. The number of hydrogen-bond donors (Lipinski definition) is 2. The van der Waals surface area contributed by atoms with Gasteiger partial charge in [-0.3, -0.25) is 4.99 Å². The number of nitrogens with one attached hydrogen (secondary N) is 2. The minimum Gasteiger partial charge on any atom is -0.492 e. The van der Waals surface area contributed by atoms with E-state index in [1.54, 1.807) is 7.05 Å². The molecule has 24 heavy (non-hydrogen) atoms. The Kier molecular flexibility index (Phi) is 6.17. The maximum Gasteiger partial charge on any atom is 0.191 e. The smallest absolute Gasteiger partial charge is 0.191 e. The third-order valence-corrected chi connectivity index (χ3v) is 3.32. The fourth-order valence-electron chi connectivity index (χ4n) is 2.06. The first kappa shape index (κ1) is 17.8. The minimum atomic E-state index is -0.930. The number of benzene rings is 1. The highest BCUT2D eigenvalue weighted by atomic mass is 19.2. The van der Waals surface area contributed by atoms with Crippen molar-refractivity contribution in [2.75, 3.05) is 20.2 Å². The third-order valence-electron chi connectivity index (χ3n) is 3.32. The van der Waals surface area contributed by atoms with Crippen LogP contribution in [0.5, 0.6) is 5.75 Å². The zero-order valence-corrected chi connectivity index (χ0v) is 13.9. The summed E-state index contributed by atoms with van der Waals surface area (Å²) in [5.74, 6) is 0.700. The van der Waals surface area contributed by atoms with Crippen LogP contribution >= 0.6 is 0 Å². The van der Waals surface area contributed by atoms with Crippen LogP contribution in [0.25, 0.3) is 0 Å². The number of hydrogen-bond acceptors (Lipinski definition) is 3. The topological polar surface area (TPSA) is 58.8 Å². The monoisotopic (exact) mass is 337 g/mol. The molecule has 0 amide bonds. The van der Waals surface area contributed by atoms with Gasteiger partial charge in [0, 0.05) is 13.1 Å².